The summed E-state index contributed by atoms with van der Waals surface area (Å²) in [4.78, 5) is 42.1. The molecule has 1 aromatic rings. The van der Waals surface area contributed by atoms with Crippen LogP contribution in [-0.4, -0.2) is 82.2 Å². The molecule has 10 heteroatoms. The Morgan fingerprint density at radius 1 is 1.17 bits per heavy atom. The van der Waals surface area contributed by atoms with Crippen molar-refractivity contribution >= 4 is 29.1 Å². The van der Waals surface area contributed by atoms with Crippen molar-refractivity contribution in [3.63, 3.8) is 0 Å². The second kappa shape index (κ2) is 15.1. The lowest BCUT2D eigenvalue weighted by Gasteiger charge is -2.31. The predicted octanol–water partition coefficient (Wildman–Crippen LogP) is 4.23. The Morgan fingerprint density at radius 2 is 1.76 bits per heavy atom. The maximum Gasteiger partial charge on any atom is 0.408 e. The highest BCUT2D eigenvalue weighted by Crippen LogP contribution is 2.38. The average molecular weight is 603 g/mol. The van der Waals surface area contributed by atoms with Crippen molar-refractivity contribution in [2.75, 3.05) is 33.4 Å². The molecule has 1 fully saturated rings. The van der Waals surface area contributed by atoms with Crippen molar-refractivity contribution < 1.29 is 23.7 Å². The molecule has 5 atom stereocenters. The first-order valence-corrected chi connectivity index (χ1v) is 16.0. The number of ether oxygens (including phenoxy) is 1. The first-order valence-electron chi connectivity index (χ1n) is 14.5. The van der Waals surface area contributed by atoms with Crippen molar-refractivity contribution in [1.29, 1.82) is 0 Å². The zero-order valence-electron chi connectivity index (χ0n) is 26.9. The maximum atomic E-state index is 13.6. The first-order chi connectivity index (χ1) is 19.4. The Hall–Kier alpha value is -2.82. The Kier molecular flexibility index (Phi) is 12.7. The van der Waals surface area contributed by atoms with Gasteiger partial charge in [-0.25, -0.2) is 9.10 Å². The highest BCUT2D eigenvalue weighted by molar-refractivity contribution is 7.88. The van der Waals surface area contributed by atoms with Crippen molar-refractivity contribution in [3.05, 3.63) is 59.3 Å². The molecule has 0 bridgehead atoms. The minimum Gasteiger partial charge on any atom is -0.593 e. The third-order valence-electron chi connectivity index (χ3n) is 7.57. The third kappa shape index (κ3) is 11.5. The Balaban J connectivity index is 2.27. The molecule has 0 radical (unpaired) electrons. The van der Waals surface area contributed by atoms with Gasteiger partial charge in [0.05, 0.1) is 30.7 Å². The van der Waals surface area contributed by atoms with Crippen LogP contribution in [0.25, 0.3) is 0 Å². The largest absolute Gasteiger partial charge is 0.593 e. The van der Waals surface area contributed by atoms with Gasteiger partial charge in [0.1, 0.15) is 17.4 Å². The van der Waals surface area contributed by atoms with Gasteiger partial charge in [-0.15, -0.1) is 0 Å². The summed E-state index contributed by atoms with van der Waals surface area (Å²) >= 11 is -1.26. The van der Waals surface area contributed by atoms with Gasteiger partial charge in [0.2, 0.25) is 5.91 Å². The van der Waals surface area contributed by atoms with E-state index in [-0.39, 0.29) is 24.8 Å². The number of carbonyl (C=O) groups excluding carboxylic acids is 3. The average Bonchev–Trinajstić information content (AvgIpc) is 3.58. The van der Waals surface area contributed by atoms with Gasteiger partial charge in [0.25, 0.3) is 0 Å². The topological polar surface area (TPSA) is 114 Å². The summed E-state index contributed by atoms with van der Waals surface area (Å²) in [5, 5.41) is 5.48. The second-order valence-corrected chi connectivity index (χ2v) is 14.1. The van der Waals surface area contributed by atoms with Gasteiger partial charge in [0.15, 0.2) is 5.78 Å². The highest BCUT2D eigenvalue weighted by Gasteiger charge is 2.37. The lowest BCUT2D eigenvalue weighted by atomic mass is 9.91. The van der Waals surface area contributed by atoms with E-state index in [1.807, 2.05) is 50.4 Å². The van der Waals surface area contributed by atoms with E-state index < -0.39 is 34.5 Å². The number of carbonyl (C=O) groups is 3. The summed E-state index contributed by atoms with van der Waals surface area (Å²) in [5.74, 6) is 0.576. The van der Waals surface area contributed by atoms with E-state index in [1.54, 1.807) is 58.3 Å². The van der Waals surface area contributed by atoms with Gasteiger partial charge < -0.3 is 19.9 Å². The van der Waals surface area contributed by atoms with Crippen molar-refractivity contribution in [1.82, 2.24) is 19.8 Å². The number of likely N-dealkylation sites (N-methyl/N-ethyl adjacent to an activating group) is 1. The first kappa shape index (κ1) is 35.4. The molecule has 2 rings (SSSR count). The van der Waals surface area contributed by atoms with Crippen LogP contribution in [0.1, 0.15) is 60.5 Å². The fourth-order valence-electron chi connectivity index (χ4n) is 4.49. The maximum absolute atomic E-state index is 13.6. The van der Waals surface area contributed by atoms with Crippen LogP contribution in [0.2, 0.25) is 0 Å². The van der Waals surface area contributed by atoms with E-state index in [1.165, 1.54) is 6.42 Å². The third-order valence-corrected chi connectivity index (χ3v) is 8.63. The molecule has 4 unspecified atom stereocenters. The fourth-order valence-corrected chi connectivity index (χ4v) is 4.95. The molecule has 1 aliphatic carbocycles. The summed E-state index contributed by atoms with van der Waals surface area (Å²) in [7, 11) is 3.74. The zero-order valence-corrected chi connectivity index (χ0v) is 27.8. The van der Waals surface area contributed by atoms with Gasteiger partial charge in [-0.1, -0.05) is 43.3 Å². The molecule has 1 saturated carbocycles. The molecule has 2 amide bonds. The molecule has 0 aliphatic heterocycles. The Labute approximate surface area is 255 Å². The van der Waals surface area contributed by atoms with Gasteiger partial charge >= 0.3 is 6.09 Å². The van der Waals surface area contributed by atoms with Crippen LogP contribution < -0.4 is 10.6 Å². The molecular weight excluding hydrogens is 552 g/mol. The minimum atomic E-state index is -1.38. The van der Waals surface area contributed by atoms with Crippen molar-refractivity contribution in [2.24, 2.45) is 11.8 Å². The molecule has 0 heterocycles. The van der Waals surface area contributed by atoms with Crippen LogP contribution in [0.15, 0.2) is 53.8 Å². The van der Waals surface area contributed by atoms with E-state index >= 15 is 0 Å². The predicted molar refractivity (Wildman–Crippen MR) is 169 cm³/mol. The SMILES string of the molecule is C/C(=C\C(=C/C(C)N(C)CC1CC1C)C(=O)CNC(=O)[C@@](C)(Cc1ccccc1)NC(=O)OC(C)(C)C)N(C)[S+](C)[O-]. The van der Waals surface area contributed by atoms with Gasteiger partial charge in [-0.2, -0.15) is 0 Å². The zero-order chi connectivity index (χ0) is 31.8. The number of rotatable bonds is 14. The summed E-state index contributed by atoms with van der Waals surface area (Å²) < 4.78 is 19.1. The molecule has 234 valence electrons. The number of nitrogens with zero attached hydrogens (tertiary/aromatic N) is 2. The number of alkyl carbamates (subject to hydrolysis) is 1. The smallest absolute Gasteiger partial charge is 0.408 e. The number of hydrogen-bond donors (Lipinski definition) is 2. The van der Waals surface area contributed by atoms with Crippen LogP contribution in [0.3, 0.4) is 0 Å². The van der Waals surface area contributed by atoms with Crippen LogP contribution >= 0.6 is 0 Å². The van der Waals surface area contributed by atoms with E-state index in [4.69, 9.17) is 4.74 Å². The van der Waals surface area contributed by atoms with Crippen LogP contribution in [0.5, 0.6) is 0 Å². The quantitative estimate of drug-likeness (QED) is 0.186. The van der Waals surface area contributed by atoms with E-state index in [2.05, 4.69) is 22.5 Å². The number of nitrogens with one attached hydrogen (secondary N) is 2. The molecule has 0 spiro atoms. The molecule has 9 nitrogen and oxygen atoms in total. The van der Waals surface area contributed by atoms with Crippen LogP contribution in [0.4, 0.5) is 4.79 Å². The molecule has 1 aromatic carbocycles. The van der Waals surface area contributed by atoms with Gasteiger partial charge in [-0.3, -0.25) is 14.5 Å². The minimum absolute atomic E-state index is 0.0360. The Bertz CT molecular complexity index is 1150. The normalized spacial score (nSPS) is 20.3. The lowest BCUT2D eigenvalue weighted by molar-refractivity contribution is -0.128. The van der Waals surface area contributed by atoms with Crippen molar-refractivity contribution in [2.45, 2.75) is 78.5 Å². The van der Waals surface area contributed by atoms with Crippen LogP contribution in [-0.2, 0) is 32.1 Å². The summed E-state index contributed by atoms with van der Waals surface area (Å²) in [6.07, 6.45) is 5.86. The summed E-state index contributed by atoms with van der Waals surface area (Å²) in [5.41, 5.74) is -0.210. The number of ketones is 1. The molecular formula is C32H50N4O5S. The summed E-state index contributed by atoms with van der Waals surface area (Å²) in [6, 6.07) is 9.30. The van der Waals surface area contributed by atoms with E-state index in [0.717, 1.165) is 18.0 Å². The second-order valence-electron chi connectivity index (χ2n) is 12.7. The van der Waals surface area contributed by atoms with Crippen LogP contribution in [0, 0.1) is 11.8 Å². The number of amides is 2. The number of benzene rings is 1. The molecule has 0 aromatic heterocycles. The molecule has 2 N–H and O–H groups in total. The van der Waals surface area contributed by atoms with E-state index in [9.17, 15) is 18.9 Å². The Morgan fingerprint density at radius 3 is 2.29 bits per heavy atom. The number of allylic oxidation sites excluding steroid dienone is 2. The number of hydrogen-bond acceptors (Lipinski definition) is 7. The fraction of sp³-hybridized carbons (Fsp3) is 0.594. The van der Waals surface area contributed by atoms with Gasteiger partial charge in [0, 0.05) is 24.6 Å². The standard InChI is InChI=1S/C32H50N4O5S/c1-22-16-27(22)21-35(8)23(2)17-26(18-24(3)36(9)42(10)40)28(37)20-33-29(38)32(7,19-25-14-12-11-13-15-25)34-30(39)41-31(4,5)6/h11-15,17-18,22-23,27H,16,19-21H2,1-10H3,(H,33,38)(H,34,39)/b24-18+,26-17+/t22?,23?,27?,32-,42?/m1/s1. The highest BCUT2D eigenvalue weighted by atomic mass is 32.2. The monoisotopic (exact) mass is 602 g/mol. The van der Waals surface area contributed by atoms with Gasteiger partial charge in [-0.05, 0) is 78.5 Å². The van der Waals surface area contributed by atoms with E-state index in [0.29, 0.717) is 17.2 Å². The summed E-state index contributed by atoms with van der Waals surface area (Å²) in [6.45, 7) is 13.6. The number of Topliss-reactive ketones (excluding diaryl/α,β-unsaturated/α-hetero) is 1. The molecule has 42 heavy (non-hydrogen) atoms. The molecule has 1 aliphatic rings. The lowest BCUT2D eigenvalue weighted by Crippen LogP contribution is -2.59. The molecule has 0 saturated heterocycles. The van der Waals surface area contributed by atoms with Crippen molar-refractivity contribution in [3.8, 4) is 0 Å².